The van der Waals surface area contributed by atoms with E-state index in [0.717, 1.165) is 6.07 Å². The summed E-state index contributed by atoms with van der Waals surface area (Å²) in [5, 5.41) is -0.209. The van der Waals surface area contributed by atoms with Gasteiger partial charge >= 0.3 is 6.18 Å². The number of ketones is 1. The lowest BCUT2D eigenvalue weighted by Crippen LogP contribution is -2.15. The van der Waals surface area contributed by atoms with Gasteiger partial charge in [0.1, 0.15) is 0 Å². The molecule has 0 fully saturated rings. The predicted molar refractivity (Wildman–Crippen MR) is 58.4 cm³/mol. The highest BCUT2D eigenvalue weighted by Crippen LogP contribution is 2.35. The summed E-state index contributed by atoms with van der Waals surface area (Å²) in [5.41, 5.74) is 8.86. The van der Waals surface area contributed by atoms with Crippen LogP contribution in [0.15, 0.2) is 12.1 Å². The van der Waals surface area contributed by atoms with Gasteiger partial charge in [0.05, 0.1) is 22.3 Å². The van der Waals surface area contributed by atoms with Crippen molar-refractivity contribution in [1.82, 2.24) is 0 Å². The van der Waals surface area contributed by atoms with E-state index >= 15 is 0 Å². The van der Waals surface area contributed by atoms with E-state index in [1.165, 1.54) is 0 Å². The molecule has 7 heteroatoms. The van der Waals surface area contributed by atoms with Gasteiger partial charge in [-0.1, -0.05) is 15.9 Å². The summed E-state index contributed by atoms with van der Waals surface area (Å²) in [4.78, 5) is 11.3. The average molecular weight is 297 g/mol. The van der Waals surface area contributed by atoms with E-state index in [9.17, 15) is 18.0 Å². The molecule has 0 aliphatic heterocycles. The van der Waals surface area contributed by atoms with Crippen LogP contribution in [0.25, 0.3) is 0 Å². The number of hydrogen-bond donors (Lipinski definition) is 2. The number of alkyl halides is 4. The largest absolute Gasteiger partial charge is 0.417 e. The molecule has 0 saturated carbocycles. The number of nitrogens with two attached hydrogens (primary N) is 2. The molecule has 1 aromatic carbocycles. The maximum Gasteiger partial charge on any atom is 0.417 e. The number of rotatable bonds is 2. The topological polar surface area (TPSA) is 69.1 Å². The van der Waals surface area contributed by atoms with Crippen molar-refractivity contribution in [3.63, 3.8) is 0 Å². The van der Waals surface area contributed by atoms with Crippen molar-refractivity contribution in [2.75, 3.05) is 16.8 Å². The van der Waals surface area contributed by atoms with Crippen LogP contribution in [0.5, 0.6) is 0 Å². The lowest BCUT2D eigenvalue weighted by molar-refractivity contribution is -0.137. The second-order valence-electron chi connectivity index (χ2n) is 3.08. The van der Waals surface area contributed by atoms with Crippen LogP contribution >= 0.6 is 15.9 Å². The Kier molecular flexibility index (Phi) is 3.47. The first-order chi connectivity index (χ1) is 7.27. The molecule has 16 heavy (non-hydrogen) atoms. The molecule has 0 atom stereocenters. The molecule has 0 radical (unpaired) electrons. The third kappa shape index (κ3) is 2.46. The number of benzene rings is 1. The van der Waals surface area contributed by atoms with E-state index in [-0.39, 0.29) is 16.7 Å². The molecule has 1 rings (SSSR count). The van der Waals surface area contributed by atoms with Crippen LogP contribution in [0.4, 0.5) is 24.5 Å². The summed E-state index contributed by atoms with van der Waals surface area (Å²) in [7, 11) is 0. The van der Waals surface area contributed by atoms with E-state index in [1.54, 1.807) is 0 Å². The number of carbonyl (C=O) groups excluding carboxylic acids is 1. The fourth-order valence-corrected chi connectivity index (χ4v) is 1.47. The Bertz CT molecular complexity index is 431. The molecule has 0 unspecified atom stereocenters. The fourth-order valence-electron chi connectivity index (χ4n) is 1.17. The van der Waals surface area contributed by atoms with E-state index in [0.29, 0.717) is 6.07 Å². The number of halogens is 4. The van der Waals surface area contributed by atoms with Crippen molar-refractivity contribution < 1.29 is 18.0 Å². The summed E-state index contributed by atoms with van der Waals surface area (Å²) >= 11 is 2.81. The zero-order chi connectivity index (χ0) is 12.5. The summed E-state index contributed by atoms with van der Waals surface area (Å²) in [6.07, 6.45) is -4.63. The van der Waals surface area contributed by atoms with Crippen molar-refractivity contribution in [1.29, 1.82) is 0 Å². The molecule has 0 saturated heterocycles. The summed E-state index contributed by atoms with van der Waals surface area (Å²) in [6, 6.07) is 1.62. The van der Waals surface area contributed by atoms with Gasteiger partial charge < -0.3 is 11.5 Å². The molecule has 0 bridgehead atoms. The number of hydrogen-bond acceptors (Lipinski definition) is 3. The van der Waals surface area contributed by atoms with Crippen molar-refractivity contribution in [2.24, 2.45) is 0 Å². The quantitative estimate of drug-likeness (QED) is 0.500. The maximum atomic E-state index is 12.6. The van der Waals surface area contributed by atoms with Crippen molar-refractivity contribution in [3.8, 4) is 0 Å². The van der Waals surface area contributed by atoms with Crippen LogP contribution in [0.2, 0.25) is 0 Å². The highest BCUT2D eigenvalue weighted by molar-refractivity contribution is 9.09. The Morgan fingerprint density at radius 2 is 1.75 bits per heavy atom. The second-order valence-corrected chi connectivity index (χ2v) is 3.64. The Hall–Kier alpha value is -1.24. The predicted octanol–water partition coefficient (Wildman–Crippen LogP) is 2.45. The van der Waals surface area contributed by atoms with Gasteiger partial charge in [0.15, 0.2) is 5.78 Å². The van der Waals surface area contributed by atoms with Crippen LogP contribution in [-0.4, -0.2) is 11.1 Å². The zero-order valence-electron chi connectivity index (χ0n) is 7.94. The first-order valence-electron chi connectivity index (χ1n) is 4.12. The highest BCUT2D eigenvalue weighted by atomic mass is 79.9. The third-order valence-corrected chi connectivity index (χ3v) is 2.46. The SMILES string of the molecule is Nc1cc(C(=O)CBr)c(C(F)(F)F)cc1N. The fraction of sp³-hybridized carbons (Fsp3) is 0.222. The van der Waals surface area contributed by atoms with Crippen molar-refractivity contribution >= 4 is 33.1 Å². The molecule has 0 heterocycles. The van der Waals surface area contributed by atoms with Crippen LogP contribution in [0.1, 0.15) is 15.9 Å². The molecule has 3 nitrogen and oxygen atoms in total. The standard InChI is InChI=1S/C9H8BrF3N2O/c10-3-8(16)4-1-6(14)7(15)2-5(4)9(11,12)13/h1-2H,3,14-15H2. The number of nitrogen functional groups attached to an aromatic ring is 2. The molecule has 0 spiro atoms. The molecule has 1 aromatic rings. The molecule has 0 amide bonds. The van der Waals surface area contributed by atoms with Gasteiger partial charge in [0.25, 0.3) is 0 Å². The van der Waals surface area contributed by atoms with Crippen molar-refractivity contribution in [2.45, 2.75) is 6.18 Å². The minimum Gasteiger partial charge on any atom is -0.397 e. The van der Waals surface area contributed by atoms with Crippen LogP contribution in [-0.2, 0) is 6.18 Å². The van der Waals surface area contributed by atoms with E-state index in [1.807, 2.05) is 0 Å². The monoisotopic (exact) mass is 296 g/mol. The summed E-state index contributed by atoms with van der Waals surface area (Å²) < 4.78 is 37.8. The maximum absolute atomic E-state index is 12.6. The van der Waals surface area contributed by atoms with Crippen LogP contribution < -0.4 is 11.5 Å². The molecule has 0 aliphatic rings. The summed E-state index contributed by atoms with van der Waals surface area (Å²) in [6.45, 7) is 0. The molecule has 0 aliphatic carbocycles. The number of carbonyl (C=O) groups is 1. The number of Topliss-reactive ketones (excluding diaryl/α,β-unsaturated/α-hetero) is 1. The minimum absolute atomic E-state index is 0.0442. The normalized spacial score (nSPS) is 11.5. The lowest BCUT2D eigenvalue weighted by atomic mass is 10.0. The van der Waals surface area contributed by atoms with Crippen LogP contribution in [0.3, 0.4) is 0 Å². The average Bonchev–Trinajstić information content (AvgIpc) is 2.18. The number of anilines is 2. The Morgan fingerprint density at radius 3 is 2.19 bits per heavy atom. The van der Waals surface area contributed by atoms with Gasteiger partial charge in [0.2, 0.25) is 0 Å². The Balaban J connectivity index is 3.45. The first-order valence-corrected chi connectivity index (χ1v) is 5.25. The van der Waals surface area contributed by atoms with Gasteiger partial charge in [-0.05, 0) is 12.1 Å². The Labute approximate surface area is 97.7 Å². The minimum atomic E-state index is -4.63. The smallest absolute Gasteiger partial charge is 0.397 e. The molecular formula is C9H8BrF3N2O. The Morgan fingerprint density at radius 1 is 1.25 bits per heavy atom. The lowest BCUT2D eigenvalue weighted by Gasteiger charge is -2.13. The van der Waals surface area contributed by atoms with Gasteiger partial charge in [-0.3, -0.25) is 4.79 Å². The molecule has 4 N–H and O–H groups in total. The first kappa shape index (κ1) is 12.8. The van der Waals surface area contributed by atoms with Crippen molar-refractivity contribution in [3.05, 3.63) is 23.3 Å². The highest BCUT2D eigenvalue weighted by Gasteiger charge is 2.35. The second kappa shape index (κ2) is 4.32. The molecule has 0 aromatic heterocycles. The van der Waals surface area contributed by atoms with E-state index in [4.69, 9.17) is 11.5 Å². The molecular weight excluding hydrogens is 289 g/mol. The third-order valence-electron chi connectivity index (χ3n) is 1.95. The van der Waals surface area contributed by atoms with Gasteiger partial charge in [-0.25, -0.2) is 0 Å². The zero-order valence-corrected chi connectivity index (χ0v) is 9.52. The van der Waals surface area contributed by atoms with Gasteiger partial charge in [-0.2, -0.15) is 13.2 Å². The molecule has 88 valence electrons. The van der Waals surface area contributed by atoms with E-state index < -0.39 is 23.1 Å². The summed E-state index contributed by atoms with van der Waals surface area (Å²) in [5.74, 6) is -0.695. The van der Waals surface area contributed by atoms with Gasteiger partial charge in [0, 0.05) is 5.56 Å². The van der Waals surface area contributed by atoms with Crippen LogP contribution in [0, 0.1) is 0 Å². The van der Waals surface area contributed by atoms with Gasteiger partial charge in [-0.15, -0.1) is 0 Å². The van der Waals surface area contributed by atoms with E-state index in [2.05, 4.69) is 15.9 Å².